The predicted molar refractivity (Wildman–Crippen MR) is 81.1 cm³/mol. The molecule has 0 aromatic heterocycles. The number of aromatic hydroxyl groups is 1. The molecule has 1 aromatic carbocycles. The number of phenolic OH excluding ortho intramolecular Hbond substituents is 1. The summed E-state index contributed by atoms with van der Waals surface area (Å²) in [7, 11) is 1.65. The van der Waals surface area contributed by atoms with Gasteiger partial charge in [0.05, 0.1) is 7.11 Å². The van der Waals surface area contributed by atoms with E-state index in [1.807, 2.05) is 6.07 Å². The first-order chi connectivity index (χ1) is 9.67. The van der Waals surface area contributed by atoms with Gasteiger partial charge in [0.2, 0.25) is 0 Å². The van der Waals surface area contributed by atoms with Crippen molar-refractivity contribution in [1.82, 2.24) is 4.90 Å². The minimum absolute atomic E-state index is 0.182. The van der Waals surface area contributed by atoms with Gasteiger partial charge in [-0.05, 0) is 57.5 Å². The van der Waals surface area contributed by atoms with Crippen LogP contribution in [0, 0.1) is 0 Å². The summed E-state index contributed by atoms with van der Waals surface area (Å²) in [5, 5.41) is 10.1. The van der Waals surface area contributed by atoms with Crippen molar-refractivity contribution in [3.05, 3.63) is 23.8 Å². The number of likely N-dealkylation sites (tertiary alicyclic amines) is 1. The molecule has 0 aliphatic carbocycles. The van der Waals surface area contributed by atoms with Gasteiger partial charge in [0.15, 0.2) is 0 Å². The van der Waals surface area contributed by atoms with E-state index >= 15 is 0 Å². The number of benzene rings is 1. The van der Waals surface area contributed by atoms with E-state index in [0.29, 0.717) is 11.8 Å². The molecular formula is C16H26N2O2. The third-order valence-electron chi connectivity index (χ3n) is 4.35. The molecule has 2 atom stereocenters. The van der Waals surface area contributed by atoms with E-state index in [4.69, 9.17) is 10.5 Å². The highest BCUT2D eigenvalue weighted by molar-refractivity contribution is 5.41. The molecule has 2 unspecified atom stereocenters. The lowest BCUT2D eigenvalue weighted by Gasteiger charge is -2.40. The van der Waals surface area contributed by atoms with E-state index in [1.165, 1.54) is 19.3 Å². The molecule has 1 heterocycles. The zero-order chi connectivity index (χ0) is 14.5. The zero-order valence-electron chi connectivity index (χ0n) is 12.5. The second-order valence-electron chi connectivity index (χ2n) is 5.57. The molecule has 1 aliphatic rings. The van der Waals surface area contributed by atoms with Gasteiger partial charge in [0, 0.05) is 17.6 Å². The monoisotopic (exact) mass is 278 g/mol. The summed E-state index contributed by atoms with van der Waals surface area (Å²) in [4.78, 5) is 2.48. The topological polar surface area (TPSA) is 58.7 Å². The summed E-state index contributed by atoms with van der Waals surface area (Å²) in [6.07, 6.45) is 4.72. The van der Waals surface area contributed by atoms with E-state index in [0.717, 1.165) is 30.8 Å². The molecule has 1 saturated heterocycles. The Balaban J connectivity index is 2.21. The second-order valence-corrected chi connectivity index (χ2v) is 5.57. The Bertz CT molecular complexity index is 434. The fourth-order valence-corrected chi connectivity index (χ4v) is 3.21. The Kier molecular flexibility index (Phi) is 5.26. The van der Waals surface area contributed by atoms with E-state index in [1.54, 1.807) is 19.2 Å². The van der Waals surface area contributed by atoms with Crippen LogP contribution in [0.2, 0.25) is 0 Å². The van der Waals surface area contributed by atoms with Crippen molar-refractivity contribution in [2.45, 2.75) is 44.7 Å². The van der Waals surface area contributed by atoms with Crippen molar-refractivity contribution >= 4 is 0 Å². The Morgan fingerprint density at radius 3 is 2.95 bits per heavy atom. The fraction of sp³-hybridized carbons (Fsp3) is 0.625. The summed E-state index contributed by atoms with van der Waals surface area (Å²) < 4.78 is 5.27. The number of methoxy groups -OCH3 is 1. The van der Waals surface area contributed by atoms with E-state index in [9.17, 15) is 5.11 Å². The minimum Gasteiger partial charge on any atom is -0.508 e. The van der Waals surface area contributed by atoms with Crippen LogP contribution in [0.1, 0.15) is 44.2 Å². The highest BCUT2D eigenvalue weighted by Crippen LogP contribution is 2.35. The second kappa shape index (κ2) is 6.95. The number of hydrogen-bond donors (Lipinski definition) is 2. The molecule has 1 fully saturated rings. The standard InChI is InChI=1S/C16H26N2O2/c1-12(15-11-14(20-2)6-7-16(15)19)18-10-4-3-5-13(18)8-9-17/h6-7,11-13,19H,3-5,8-10,17H2,1-2H3. The summed E-state index contributed by atoms with van der Waals surface area (Å²) >= 11 is 0. The van der Waals surface area contributed by atoms with Gasteiger partial charge in [0.25, 0.3) is 0 Å². The Morgan fingerprint density at radius 2 is 2.25 bits per heavy atom. The van der Waals surface area contributed by atoms with Crippen molar-refractivity contribution < 1.29 is 9.84 Å². The molecule has 4 nitrogen and oxygen atoms in total. The van der Waals surface area contributed by atoms with Crippen LogP contribution in [0.4, 0.5) is 0 Å². The van der Waals surface area contributed by atoms with Gasteiger partial charge in [-0.2, -0.15) is 0 Å². The van der Waals surface area contributed by atoms with Gasteiger partial charge < -0.3 is 15.6 Å². The molecule has 1 aromatic rings. The zero-order valence-corrected chi connectivity index (χ0v) is 12.5. The lowest BCUT2D eigenvalue weighted by molar-refractivity contribution is 0.0970. The minimum atomic E-state index is 0.182. The maximum Gasteiger partial charge on any atom is 0.120 e. The molecule has 2 rings (SSSR count). The maximum absolute atomic E-state index is 10.1. The average Bonchev–Trinajstić information content (AvgIpc) is 2.48. The maximum atomic E-state index is 10.1. The highest BCUT2D eigenvalue weighted by Gasteiger charge is 2.28. The number of nitrogens with two attached hydrogens (primary N) is 1. The van der Waals surface area contributed by atoms with Crippen molar-refractivity contribution in [3.8, 4) is 11.5 Å². The van der Waals surface area contributed by atoms with Gasteiger partial charge in [-0.1, -0.05) is 6.42 Å². The van der Waals surface area contributed by atoms with Crippen LogP contribution in [-0.4, -0.2) is 36.2 Å². The number of nitrogens with zero attached hydrogens (tertiary/aromatic N) is 1. The van der Waals surface area contributed by atoms with Crippen LogP contribution in [0.15, 0.2) is 18.2 Å². The van der Waals surface area contributed by atoms with E-state index in [-0.39, 0.29) is 6.04 Å². The Morgan fingerprint density at radius 1 is 1.45 bits per heavy atom. The largest absolute Gasteiger partial charge is 0.508 e. The van der Waals surface area contributed by atoms with Crippen LogP contribution in [0.25, 0.3) is 0 Å². The summed E-state index contributed by atoms with van der Waals surface area (Å²) in [5.41, 5.74) is 6.68. The molecule has 1 aliphatic heterocycles. The summed E-state index contributed by atoms with van der Waals surface area (Å²) in [6.45, 7) is 3.95. The molecule has 4 heteroatoms. The van der Waals surface area contributed by atoms with Crippen LogP contribution in [-0.2, 0) is 0 Å². The molecule has 0 spiro atoms. The lowest BCUT2D eigenvalue weighted by Crippen LogP contribution is -2.42. The van der Waals surface area contributed by atoms with Gasteiger partial charge in [0.1, 0.15) is 11.5 Å². The van der Waals surface area contributed by atoms with Crippen LogP contribution >= 0.6 is 0 Å². The van der Waals surface area contributed by atoms with Crippen LogP contribution in [0.5, 0.6) is 11.5 Å². The van der Waals surface area contributed by atoms with Crippen molar-refractivity contribution in [1.29, 1.82) is 0 Å². The predicted octanol–water partition coefficient (Wildman–Crippen LogP) is 2.67. The smallest absolute Gasteiger partial charge is 0.120 e. The highest BCUT2D eigenvalue weighted by atomic mass is 16.5. The van der Waals surface area contributed by atoms with Crippen molar-refractivity contribution in [3.63, 3.8) is 0 Å². The molecule has 20 heavy (non-hydrogen) atoms. The first-order valence-electron chi connectivity index (χ1n) is 7.50. The molecule has 0 saturated carbocycles. The molecule has 0 amide bonds. The van der Waals surface area contributed by atoms with E-state index in [2.05, 4.69) is 11.8 Å². The third-order valence-corrected chi connectivity index (χ3v) is 4.35. The SMILES string of the molecule is COc1ccc(O)c(C(C)N2CCCCC2CCN)c1. The summed E-state index contributed by atoms with van der Waals surface area (Å²) in [5.74, 6) is 1.13. The number of phenols is 1. The van der Waals surface area contributed by atoms with Gasteiger partial charge >= 0.3 is 0 Å². The Labute approximate surface area is 121 Å². The first-order valence-corrected chi connectivity index (χ1v) is 7.50. The van der Waals surface area contributed by atoms with Crippen LogP contribution < -0.4 is 10.5 Å². The van der Waals surface area contributed by atoms with Gasteiger partial charge in [-0.15, -0.1) is 0 Å². The normalized spacial score (nSPS) is 21.6. The molecule has 0 bridgehead atoms. The summed E-state index contributed by atoms with van der Waals surface area (Å²) in [6, 6.07) is 6.15. The molecular weight excluding hydrogens is 252 g/mol. The van der Waals surface area contributed by atoms with Crippen molar-refractivity contribution in [2.75, 3.05) is 20.2 Å². The molecule has 0 radical (unpaired) electrons. The fourth-order valence-electron chi connectivity index (χ4n) is 3.21. The number of ether oxygens (including phenoxy) is 1. The number of piperidine rings is 1. The first kappa shape index (κ1) is 15.1. The third kappa shape index (κ3) is 3.25. The number of rotatable bonds is 5. The molecule has 3 N–H and O–H groups in total. The van der Waals surface area contributed by atoms with Gasteiger partial charge in [-0.25, -0.2) is 0 Å². The Hall–Kier alpha value is -1.26. The number of hydrogen-bond acceptors (Lipinski definition) is 4. The van der Waals surface area contributed by atoms with Crippen molar-refractivity contribution in [2.24, 2.45) is 5.73 Å². The average molecular weight is 278 g/mol. The lowest BCUT2D eigenvalue weighted by atomic mass is 9.94. The van der Waals surface area contributed by atoms with Gasteiger partial charge in [-0.3, -0.25) is 4.90 Å². The van der Waals surface area contributed by atoms with E-state index < -0.39 is 0 Å². The van der Waals surface area contributed by atoms with Crippen LogP contribution in [0.3, 0.4) is 0 Å². The quantitative estimate of drug-likeness (QED) is 0.869. The molecule has 112 valence electrons.